The number of ether oxygens (including phenoxy) is 2. The van der Waals surface area contributed by atoms with Gasteiger partial charge in [-0.3, -0.25) is 15.5 Å². The van der Waals surface area contributed by atoms with E-state index < -0.39 is 4.92 Å². The van der Waals surface area contributed by atoms with Crippen molar-refractivity contribution in [2.24, 2.45) is 10.8 Å². The van der Waals surface area contributed by atoms with Crippen LogP contribution in [0.3, 0.4) is 0 Å². The lowest BCUT2D eigenvalue weighted by molar-refractivity contribution is -0.385. The summed E-state index contributed by atoms with van der Waals surface area (Å²) in [5, 5.41) is 14.5. The predicted molar refractivity (Wildman–Crippen MR) is 73.7 cm³/mol. The molecule has 0 aliphatic heterocycles. The van der Waals surface area contributed by atoms with Crippen LogP contribution in [0.4, 0.5) is 5.69 Å². The standard InChI is InChI=1S/C10H12N4O4S/c1-17-8-4-7(14(15)16)3-6(9(8)18-2)5-12-13-10(11)19/h3-5H,1-2H3,(H3,11,13,19). The molecule has 0 spiro atoms. The minimum atomic E-state index is -0.541. The lowest BCUT2D eigenvalue weighted by Crippen LogP contribution is -2.24. The molecule has 102 valence electrons. The number of benzene rings is 1. The van der Waals surface area contributed by atoms with E-state index in [4.69, 9.17) is 15.2 Å². The molecule has 0 aromatic heterocycles. The number of thiocarbonyl (C=S) groups is 1. The van der Waals surface area contributed by atoms with E-state index in [0.717, 1.165) is 0 Å². The number of hydrazone groups is 1. The number of nitrogens with zero attached hydrogens (tertiary/aromatic N) is 2. The zero-order valence-corrected chi connectivity index (χ0v) is 11.1. The highest BCUT2D eigenvalue weighted by Gasteiger charge is 2.16. The Hall–Kier alpha value is -2.42. The fourth-order valence-electron chi connectivity index (χ4n) is 1.35. The van der Waals surface area contributed by atoms with Crippen molar-refractivity contribution in [3.63, 3.8) is 0 Å². The molecule has 0 aliphatic carbocycles. The number of hydrogen-bond donors (Lipinski definition) is 2. The van der Waals surface area contributed by atoms with E-state index in [0.29, 0.717) is 11.3 Å². The van der Waals surface area contributed by atoms with Gasteiger partial charge in [-0.2, -0.15) is 5.10 Å². The minimum Gasteiger partial charge on any atom is -0.493 e. The highest BCUT2D eigenvalue weighted by molar-refractivity contribution is 7.80. The van der Waals surface area contributed by atoms with Crippen LogP contribution in [0, 0.1) is 10.1 Å². The van der Waals surface area contributed by atoms with Gasteiger partial charge in [-0.15, -0.1) is 0 Å². The van der Waals surface area contributed by atoms with Crippen molar-refractivity contribution in [1.82, 2.24) is 5.43 Å². The zero-order chi connectivity index (χ0) is 14.4. The van der Waals surface area contributed by atoms with Crippen LogP contribution in [-0.2, 0) is 0 Å². The Morgan fingerprint density at radius 1 is 1.53 bits per heavy atom. The summed E-state index contributed by atoms with van der Waals surface area (Å²) < 4.78 is 10.2. The number of nitrogens with one attached hydrogen (secondary N) is 1. The molecule has 0 fully saturated rings. The Morgan fingerprint density at radius 2 is 2.21 bits per heavy atom. The molecular weight excluding hydrogens is 272 g/mol. The van der Waals surface area contributed by atoms with Gasteiger partial charge < -0.3 is 15.2 Å². The first-order valence-corrected chi connectivity index (χ1v) is 5.39. The van der Waals surface area contributed by atoms with Gasteiger partial charge in [0.2, 0.25) is 0 Å². The lowest BCUT2D eigenvalue weighted by Gasteiger charge is -2.09. The maximum absolute atomic E-state index is 10.8. The second-order valence-electron chi connectivity index (χ2n) is 3.26. The van der Waals surface area contributed by atoms with E-state index in [1.165, 1.54) is 32.6 Å². The summed E-state index contributed by atoms with van der Waals surface area (Å²) in [5.41, 5.74) is 7.76. The molecule has 1 aromatic rings. The number of nitro benzene ring substituents is 1. The number of rotatable bonds is 5. The Bertz CT molecular complexity index is 533. The van der Waals surface area contributed by atoms with Crippen LogP contribution in [0.15, 0.2) is 17.2 Å². The largest absolute Gasteiger partial charge is 0.493 e. The molecule has 0 radical (unpaired) electrons. The molecule has 0 amide bonds. The van der Waals surface area contributed by atoms with E-state index in [1.807, 2.05) is 0 Å². The van der Waals surface area contributed by atoms with Gasteiger partial charge in [0.1, 0.15) is 0 Å². The van der Waals surface area contributed by atoms with E-state index in [2.05, 4.69) is 22.7 Å². The van der Waals surface area contributed by atoms with Gasteiger partial charge in [-0.25, -0.2) is 0 Å². The van der Waals surface area contributed by atoms with Crippen LogP contribution in [0.25, 0.3) is 0 Å². The Balaban J connectivity index is 3.25. The normalized spacial score (nSPS) is 10.2. The summed E-state index contributed by atoms with van der Waals surface area (Å²) in [4.78, 5) is 10.3. The summed E-state index contributed by atoms with van der Waals surface area (Å²) in [6, 6.07) is 2.56. The molecule has 1 aromatic carbocycles. The van der Waals surface area contributed by atoms with Crippen LogP contribution in [0.2, 0.25) is 0 Å². The van der Waals surface area contributed by atoms with E-state index >= 15 is 0 Å². The maximum Gasteiger partial charge on any atom is 0.274 e. The summed E-state index contributed by atoms with van der Waals surface area (Å²) in [7, 11) is 2.80. The summed E-state index contributed by atoms with van der Waals surface area (Å²) in [5.74, 6) is 0.551. The molecule has 0 bridgehead atoms. The van der Waals surface area contributed by atoms with Gasteiger partial charge in [-0.05, 0) is 12.2 Å². The highest BCUT2D eigenvalue weighted by Crippen LogP contribution is 2.34. The quantitative estimate of drug-likeness (QED) is 0.355. The molecule has 0 saturated heterocycles. The SMILES string of the molecule is COc1cc([N+](=O)[O-])cc(C=NNC(N)=S)c1OC. The van der Waals surface area contributed by atoms with Crippen LogP contribution < -0.4 is 20.6 Å². The molecule has 1 rings (SSSR count). The molecule has 19 heavy (non-hydrogen) atoms. The van der Waals surface area contributed by atoms with Crippen molar-refractivity contribution in [3.8, 4) is 11.5 Å². The van der Waals surface area contributed by atoms with Crippen LogP contribution in [0.5, 0.6) is 11.5 Å². The summed E-state index contributed by atoms with van der Waals surface area (Å²) in [6.07, 6.45) is 1.30. The van der Waals surface area contributed by atoms with Crippen LogP contribution in [0.1, 0.15) is 5.56 Å². The first kappa shape index (κ1) is 14.6. The number of methoxy groups -OCH3 is 2. The molecule has 8 nitrogen and oxygen atoms in total. The molecule has 0 saturated carbocycles. The number of hydrogen-bond acceptors (Lipinski definition) is 6. The predicted octanol–water partition coefficient (Wildman–Crippen LogP) is 0.779. The molecule has 0 atom stereocenters. The van der Waals surface area contributed by atoms with E-state index in [-0.39, 0.29) is 16.5 Å². The zero-order valence-electron chi connectivity index (χ0n) is 10.2. The number of nitro groups is 1. The Kier molecular flexibility index (Phi) is 5.01. The van der Waals surface area contributed by atoms with Crippen molar-refractivity contribution < 1.29 is 14.4 Å². The van der Waals surface area contributed by atoms with E-state index in [9.17, 15) is 10.1 Å². The molecule has 0 unspecified atom stereocenters. The van der Waals surface area contributed by atoms with Crippen molar-refractivity contribution in [3.05, 3.63) is 27.8 Å². The first-order valence-electron chi connectivity index (χ1n) is 4.98. The highest BCUT2D eigenvalue weighted by atomic mass is 32.1. The van der Waals surface area contributed by atoms with E-state index in [1.54, 1.807) is 0 Å². The maximum atomic E-state index is 10.8. The van der Waals surface area contributed by atoms with Gasteiger partial charge in [0.05, 0.1) is 31.4 Å². The topological polar surface area (TPSA) is 112 Å². The lowest BCUT2D eigenvalue weighted by atomic mass is 10.1. The van der Waals surface area contributed by atoms with Gasteiger partial charge in [0.25, 0.3) is 5.69 Å². The average Bonchev–Trinajstić information content (AvgIpc) is 2.37. The van der Waals surface area contributed by atoms with Crippen LogP contribution in [-0.4, -0.2) is 30.5 Å². The third kappa shape index (κ3) is 3.78. The van der Waals surface area contributed by atoms with Crippen molar-refractivity contribution in [2.75, 3.05) is 14.2 Å². The fraction of sp³-hybridized carbons (Fsp3) is 0.200. The van der Waals surface area contributed by atoms with Gasteiger partial charge in [0, 0.05) is 11.6 Å². The smallest absolute Gasteiger partial charge is 0.274 e. The average molecular weight is 284 g/mol. The number of non-ortho nitro benzene ring substituents is 1. The molecule has 3 N–H and O–H groups in total. The van der Waals surface area contributed by atoms with Gasteiger partial charge in [0.15, 0.2) is 16.6 Å². The second kappa shape index (κ2) is 6.50. The Labute approximate surface area is 114 Å². The second-order valence-corrected chi connectivity index (χ2v) is 3.70. The first-order chi connectivity index (χ1) is 8.99. The molecule has 0 aliphatic rings. The monoisotopic (exact) mass is 284 g/mol. The number of nitrogens with two attached hydrogens (primary N) is 1. The third-order valence-electron chi connectivity index (χ3n) is 2.08. The van der Waals surface area contributed by atoms with Crippen LogP contribution >= 0.6 is 12.2 Å². The molecule has 9 heteroatoms. The summed E-state index contributed by atoms with van der Waals surface area (Å²) in [6.45, 7) is 0. The molecular formula is C10H12N4O4S. The fourth-order valence-corrected chi connectivity index (χ4v) is 1.40. The van der Waals surface area contributed by atoms with Crippen molar-refractivity contribution in [2.45, 2.75) is 0 Å². The van der Waals surface area contributed by atoms with Crippen molar-refractivity contribution in [1.29, 1.82) is 0 Å². The minimum absolute atomic E-state index is 0.0207. The van der Waals surface area contributed by atoms with Crippen molar-refractivity contribution >= 4 is 29.2 Å². The van der Waals surface area contributed by atoms with Gasteiger partial charge >= 0.3 is 0 Å². The summed E-state index contributed by atoms with van der Waals surface area (Å²) >= 11 is 4.58. The Morgan fingerprint density at radius 3 is 2.68 bits per heavy atom. The third-order valence-corrected chi connectivity index (χ3v) is 2.17. The molecule has 0 heterocycles. The van der Waals surface area contributed by atoms with Gasteiger partial charge in [-0.1, -0.05) is 0 Å².